The molecule has 0 saturated heterocycles. The Kier molecular flexibility index (Phi) is 7.37. The maximum Gasteiger partial charge on any atom is 0.122 e. The molecule has 0 bridgehead atoms. The molecule has 0 heterocycles. The third-order valence-corrected chi connectivity index (χ3v) is 6.23. The molecule has 0 amide bonds. The van der Waals surface area contributed by atoms with Crippen molar-refractivity contribution in [2.24, 2.45) is 0 Å². The first-order chi connectivity index (χ1) is 14.9. The summed E-state index contributed by atoms with van der Waals surface area (Å²) in [6.07, 6.45) is -0.0851. The van der Waals surface area contributed by atoms with E-state index >= 15 is 0 Å². The fraction of sp³-hybridized carbons (Fsp3) is 0.333. The van der Waals surface area contributed by atoms with Gasteiger partial charge in [-0.05, 0) is 56.3 Å². The average molecular weight is 420 g/mol. The molecule has 4 nitrogen and oxygen atoms in total. The van der Waals surface area contributed by atoms with Gasteiger partial charge in [-0.3, -0.25) is 0 Å². The van der Waals surface area contributed by atoms with Gasteiger partial charge in [0.25, 0.3) is 0 Å². The number of ether oxygens (including phenoxy) is 2. The van der Waals surface area contributed by atoms with Gasteiger partial charge in [-0.2, -0.15) is 0 Å². The highest BCUT2D eigenvalue weighted by molar-refractivity contribution is 5.47. The van der Waals surface area contributed by atoms with E-state index in [4.69, 9.17) is 9.47 Å². The minimum absolute atomic E-state index is 0.225. The normalized spacial score (nSPS) is 13.6. The van der Waals surface area contributed by atoms with Gasteiger partial charge < -0.3 is 19.5 Å². The largest absolute Gasteiger partial charge is 0.497 e. The van der Waals surface area contributed by atoms with Gasteiger partial charge in [-0.25, -0.2) is 0 Å². The summed E-state index contributed by atoms with van der Waals surface area (Å²) in [7, 11) is 7.40. The minimum Gasteiger partial charge on any atom is -0.497 e. The molecule has 0 aromatic heterocycles. The van der Waals surface area contributed by atoms with Crippen molar-refractivity contribution in [1.29, 1.82) is 0 Å². The van der Waals surface area contributed by atoms with E-state index in [1.54, 1.807) is 14.2 Å². The Morgan fingerprint density at radius 2 is 1.26 bits per heavy atom. The Morgan fingerprint density at radius 1 is 0.806 bits per heavy atom. The van der Waals surface area contributed by atoms with Crippen LogP contribution in [0.15, 0.2) is 78.9 Å². The van der Waals surface area contributed by atoms with Crippen molar-refractivity contribution in [2.45, 2.75) is 30.9 Å². The monoisotopic (exact) mass is 419 g/mol. The lowest BCUT2D eigenvalue weighted by molar-refractivity contribution is 0.0799. The van der Waals surface area contributed by atoms with E-state index in [9.17, 15) is 5.11 Å². The average Bonchev–Trinajstić information content (AvgIpc) is 2.82. The smallest absolute Gasteiger partial charge is 0.122 e. The first-order valence-electron chi connectivity index (χ1n) is 10.6. The second kappa shape index (κ2) is 9.99. The minimum atomic E-state index is -0.816. The van der Waals surface area contributed by atoms with Crippen molar-refractivity contribution in [3.05, 3.63) is 95.6 Å². The van der Waals surface area contributed by atoms with Gasteiger partial charge in [0.15, 0.2) is 0 Å². The zero-order chi connectivity index (χ0) is 22.4. The summed E-state index contributed by atoms with van der Waals surface area (Å²) in [4.78, 5) is 2.19. The van der Waals surface area contributed by atoms with Gasteiger partial charge in [-0.1, -0.05) is 60.7 Å². The number of hydrogen-bond acceptors (Lipinski definition) is 4. The third-order valence-electron chi connectivity index (χ3n) is 6.23. The lowest BCUT2D eigenvalue weighted by Gasteiger charge is -2.42. The molecule has 31 heavy (non-hydrogen) atoms. The molecular formula is C27H33NO3. The summed E-state index contributed by atoms with van der Waals surface area (Å²) < 4.78 is 11.0. The van der Waals surface area contributed by atoms with Crippen LogP contribution in [0.1, 0.15) is 36.1 Å². The number of nitrogens with zero attached hydrogens (tertiary/aromatic N) is 1. The van der Waals surface area contributed by atoms with E-state index in [1.165, 1.54) is 0 Å². The van der Waals surface area contributed by atoms with E-state index < -0.39 is 11.5 Å². The SMILES string of the molecule is COc1cc(OC)cc(C(O)C(C[C@H](C)N(C)C)(c2ccccc2)c2ccccc2)c1. The quantitative estimate of drug-likeness (QED) is 0.526. The van der Waals surface area contributed by atoms with E-state index in [1.807, 2.05) is 54.6 Å². The van der Waals surface area contributed by atoms with Crippen LogP contribution in [0.5, 0.6) is 11.5 Å². The molecule has 0 aliphatic rings. The molecule has 2 atom stereocenters. The van der Waals surface area contributed by atoms with E-state index in [-0.39, 0.29) is 6.04 Å². The predicted molar refractivity (Wildman–Crippen MR) is 126 cm³/mol. The topological polar surface area (TPSA) is 41.9 Å². The molecule has 3 aromatic carbocycles. The zero-order valence-electron chi connectivity index (χ0n) is 19.1. The molecular weight excluding hydrogens is 386 g/mol. The highest BCUT2D eigenvalue weighted by Crippen LogP contribution is 2.48. The van der Waals surface area contributed by atoms with Crippen LogP contribution in [-0.2, 0) is 5.41 Å². The summed E-state index contributed by atoms with van der Waals surface area (Å²) in [6, 6.07) is 26.4. The maximum absolute atomic E-state index is 12.1. The molecule has 0 aliphatic carbocycles. The van der Waals surface area contributed by atoms with Crippen molar-refractivity contribution < 1.29 is 14.6 Å². The number of methoxy groups -OCH3 is 2. The van der Waals surface area contributed by atoms with Gasteiger partial charge in [0.05, 0.1) is 25.7 Å². The summed E-state index contributed by atoms with van der Waals surface area (Å²) in [6.45, 7) is 2.19. The van der Waals surface area contributed by atoms with Crippen LogP contribution in [0.2, 0.25) is 0 Å². The molecule has 4 heteroatoms. The lowest BCUT2D eigenvalue weighted by atomic mass is 9.65. The number of hydrogen-bond donors (Lipinski definition) is 1. The second-order valence-corrected chi connectivity index (χ2v) is 8.27. The number of aliphatic hydroxyl groups excluding tert-OH is 1. The molecule has 1 N–H and O–H groups in total. The molecule has 0 fully saturated rings. The fourth-order valence-electron chi connectivity index (χ4n) is 4.22. The van der Waals surface area contributed by atoms with Crippen molar-refractivity contribution in [3.8, 4) is 11.5 Å². The number of rotatable bonds is 9. The number of benzene rings is 3. The van der Waals surface area contributed by atoms with E-state index in [0.717, 1.165) is 23.1 Å². The Morgan fingerprint density at radius 3 is 1.65 bits per heavy atom. The van der Waals surface area contributed by atoms with Gasteiger partial charge >= 0.3 is 0 Å². The molecule has 164 valence electrons. The van der Waals surface area contributed by atoms with Gasteiger partial charge in [0.2, 0.25) is 0 Å². The summed E-state index contributed by atoms with van der Waals surface area (Å²) >= 11 is 0. The van der Waals surface area contributed by atoms with Crippen molar-refractivity contribution in [2.75, 3.05) is 28.3 Å². The van der Waals surface area contributed by atoms with Crippen LogP contribution in [0, 0.1) is 0 Å². The molecule has 1 unspecified atom stereocenters. The first kappa shape index (κ1) is 22.9. The summed E-state index contributed by atoms with van der Waals surface area (Å²) in [5.74, 6) is 1.31. The van der Waals surface area contributed by atoms with Crippen LogP contribution in [0.25, 0.3) is 0 Å². The maximum atomic E-state index is 12.1. The molecule has 3 rings (SSSR count). The Bertz CT molecular complexity index is 895. The second-order valence-electron chi connectivity index (χ2n) is 8.27. The van der Waals surface area contributed by atoms with Crippen LogP contribution >= 0.6 is 0 Å². The van der Waals surface area contributed by atoms with Gasteiger partial charge in [0, 0.05) is 12.1 Å². The van der Waals surface area contributed by atoms with Crippen LogP contribution in [-0.4, -0.2) is 44.4 Å². The van der Waals surface area contributed by atoms with Gasteiger partial charge in [-0.15, -0.1) is 0 Å². The van der Waals surface area contributed by atoms with Crippen molar-refractivity contribution in [3.63, 3.8) is 0 Å². The summed E-state index contributed by atoms with van der Waals surface area (Å²) in [5, 5.41) is 12.1. The van der Waals surface area contributed by atoms with Crippen molar-refractivity contribution in [1.82, 2.24) is 4.90 Å². The zero-order valence-corrected chi connectivity index (χ0v) is 19.1. The lowest BCUT2D eigenvalue weighted by Crippen LogP contribution is -2.41. The highest BCUT2D eigenvalue weighted by Gasteiger charge is 2.43. The van der Waals surface area contributed by atoms with Crippen molar-refractivity contribution >= 4 is 0 Å². The molecule has 0 spiro atoms. The number of aliphatic hydroxyl groups is 1. The fourth-order valence-corrected chi connectivity index (χ4v) is 4.22. The molecule has 0 radical (unpaired) electrons. The summed E-state index contributed by atoms with van der Waals surface area (Å²) in [5.41, 5.74) is 2.24. The Hall–Kier alpha value is -2.82. The molecule has 3 aromatic rings. The molecule has 0 aliphatic heterocycles. The van der Waals surface area contributed by atoms with Crippen LogP contribution in [0.4, 0.5) is 0 Å². The van der Waals surface area contributed by atoms with E-state index in [0.29, 0.717) is 11.5 Å². The van der Waals surface area contributed by atoms with E-state index in [2.05, 4.69) is 50.2 Å². The highest BCUT2D eigenvalue weighted by atomic mass is 16.5. The third kappa shape index (κ3) is 4.76. The van der Waals surface area contributed by atoms with Crippen LogP contribution in [0.3, 0.4) is 0 Å². The Labute approximate surface area is 186 Å². The standard InChI is InChI=1S/C27H33NO3/c1-20(28(2)3)19-27(22-12-8-6-9-13-22,23-14-10-7-11-15-23)26(29)21-16-24(30-4)18-25(17-21)31-5/h6-18,20,26,29H,19H2,1-5H3/t20-,26?/m0/s1. The van der Waals surface area contributed by atoms with Crippen LogP contribution < -0.4 is 9.47 Å². The Balaban J connectivity index is 2.28. The van der Waals surface area contributed by atoms with Gasteiger partial charge in [0.1, 0.15) is 11.5 Å². The predicted octanol–water partition coefficient (Wildman–Crippen LogP) is 5.06. The molecule has 0 saturated carbocycles. The first-order valence-corrected chi connectivity index (χ1v) is 10.6.